The third-order valence-electron chi connectivity index (χ3n) is 3.15. The van der Waals surface area contributed by atoms with Crippen molar-refractivity contribution in [1.82, 2.24) is 9.97 Å². The van der Waals surface area contributed by atoms with Crippen molar-refractivity contribution < 1.29 is 17.4 Å². The van der Waals surface area contributed by atoms with Gasteiger partial charge >= 0.3 is 0 Å². The summed E-state index contributed by atoms with van der Waals surface area (Å²) < 4.78 is 0. The molecule has 0 aliphatic heterocycles. The molecule has 3 heterocycles. The van der Waals surface area contributed by atoms with Crippen LogP contribution in [0.15, 0.2) is 48.4 Å². The van der Waals surface area contributed by atoms with Crippen LogP contribution in [0.25, 0.3) is 0 Å². The lowest BCUT2D eigenvalue weighted by Crippen LogP contribution is -3.00. The number of pyridine rings is 2. The SMILES string of the molecule is Cc1[nH+]c(C#Cc2cncc(N(C)c3cccnc3)c2)cs1.[Cl-]. The quantitative estimate of drug-likeness (QED) is 0.607. The van der Waals surface area contributed by atoms with Crippen LogP contribution in [0.4, 0.5) is 11.4 Å². The Hall–Kier alpha value is -2.42. The van der Waals surface area contributed by atoms with Crippen molar-refractivity contribution >= 4 is 22.7 Å². The van der Waals surface area contributed by atoms with Crippen molar-refractivity contribution in [1.29, 1.82) is 0 Å². The van der Waals surface area contributed by atoms with Crippen LogP contribution in [-0.2, 0) is 0 Å². The van der Waals surface area contributed by atoms with Crippen molar-refractivity contribution in [2.45, 2.75) is 6.92 Å². The zero-order chi connectivity index (χ0) is 15.4. The van der Waals surface area contributed by atoms with Crippen LogP contribution in [0.3, 0.4) is 0 Å². The van der Waals surface area contributed by atoms with E-state index in [0.29, 0.717) is 0 Å². The fraction of sp³-hybridized carbons (Fsp3) is 0.118. The van der Waals surface area contributed by atoms with E-state index in [9.17, 15) is 0 Å². The van der Waals surface area contributed by atoms with Crippen LogP contribution in [0.1, 0.15) is 16.3 Å². The highest BCUT2D eigenvalue weighted by molar-refractivity contribution is 7.09. The topological polar surface area (TPSA) is 43.2 Å². The summed E-state index contributed by atoms with van der Waals surface area (Å²) in [6.45, 7) is 2.03. The van der Waals surface area contributed by atoms with Gasteiger partial charge in [0.25, 0.3) is 5.69 Å². The van der Waals surface area contributed by atoms with E-state index in [0.717, 1.165) is 27.6 Å². The summed E-state index contributed by atoms with van der Waals surface area (Å²) in [5.74, 6) is 6.26. The van der Waals surface area contributed by atoms with Crippen molar-refractivity contribution in [2.24, 2.45) is 0 Å². The smallest absolute Gasteiger partial charge is 0.266 e. The van der Waals surface area contributed by atoms with Gasteiger partial charge < -0.3 is 17.3 Å². The molecule has 1 N–H and O–H groups in total. The maximum Gasteiger partial charge on any atom is 0.266 e. The summed E-state index contributed by atoms with van der Waals surface area (Å²) in [6.07, 6.45) is 7.17. The van der Waals surface area contributed by atoms with Crippen LogP contribution in [0, 0.1) is 18.8 Å². The number of aryl methyl sites for hydroxylation is 1. The molecule has 0 atom stereocenters. The molecule has 23 heavy (non-hydrogen) atoms. The Kier molecular flexibility index (Phi) is 5.69. The van der Waals surface area contributed by atoms with E-state index in [-0.39, 0.29) is 12.4 Å². The number of nitrogens with zero attached hydrogens (tertiary/aromatic N) is 3. The Morgan fingerprint density at radius 2 is 1.96 bits per heavy atom. The van der Waals surface area contributed by atoms with E-state index < -0.39 is 0 Å². The van der Waals surface area contributed by atoms with Crippen LogP contribution < -0.4 is 22.3 Å². The molecule has 0 radical (unpaired) electrons. The van der Waals surface area contributed by atoms with E-state index in [4.69, 9.17) is 0 Å². The maximum absolute atomic E-state index is 4.28. The summed E-state index contributed by atoms with van der Waals surface area (Å²) in [5, 5.41) is 3.16. The van der Waals surface area contributed by atoms with Gasteiger partial charge in [-0.3, -0.25) is 9.97 Å². The monoisotopic (exact) mass is 342 g/mol. The number of anilines is 2. The fourth-order valence-electron chi connectivity index (χ4n) is 1.98. The first-order valence-corrected chi connectivity index (χ1v) is 7.68. The van der Waals surface area contributed by atoms with E-state index >= 15 is 0 Å². The van der Waals surface area contributed by atoms with Gasteiger partial charge in [-0.2, -0.15) is 4.98 Å². The second-order valence-corrected chi connectivity index (χ2v) is 5.87. The molecule has 116 valence electrons. The van der Waals surface area contributed by atoms with Crippen molar-refractivity contribution in [3.63, 3.8) is 0 Å². The molecular weight excluding hydrogens is 328 g/mol. The van der Waals surface area contributed by atoms with Crippen LogP contribution >= 0.6 is 11.3 Å². The van der Waals surface area contributed by atoms with E-state index in [1.807, 2.05) is 54.8 Å². The molecule has 0 fully saturated rings. The van der Waals surface area contributed by atoms with Gasteiger partial charge in [0.1, 0.15) is 0 Å². The number of aromatic amines is 1. The standard InChI is InChI=1S/C17H14N4S.ClH/c1-13-20-15(12-22-13)6-5-14-8-17(11-19-9-14)21(2)16-4-3-7-18-10-16;/h3-4,7-12H,1-2H3;1H. The molecular formula is C17H15ClN4S. The number of thiazole rings is 1. The van der Waals surface area contributed by atoms with Crippen LogP contribution in [0.2, 0.25) is 0 Å². The Morgan fingerprint density at radius 1 is 1.13 bits per heavy atom. The minimum absolute atomic E-state index is 0. The number of H-pyrrole nitrogens is 1. The molecule has 0 spiro atoms. The lowest BCUT2D eigenvalue weighted by molar-refractivity contribution is -0.383. The Balaban J connectivity index is 0.00000192. The molecule has 3 aromatic heterocycles. The summed E-state index contributed by atoms with van der Waals surface area (Å²) >= 11 is 1.66. The first kappa shape index (κ1) is 16.9. The third-order valence-corrected chi connectivity index (χ3v) is 3.96. The van der Waals surface area contributed by atoms with E-state index in [1.165, 1.54) is 0 Å². The summed E-state index contributed by atoms with van der Waals surface area (Å²) in [4.78, 5) is 13.7. The van der Waals surface area contributed by atoms with Crippen LogP contribution in [0.5, 0.6) is 0 Å². The molecule has 3 aromatic rings. The minimum Gasteiger partial charge on any atom is -1.00 e. The number of hydrogen-bond donors (Lipinski definition) is 0. The van der Waals surface area contributed by atoms with Crippen LogP contribution in [-0.4, -0.2) is 17.0 Å². The van der Waals surface area contributed by atoms with Crippen molar-refractivity contribution in [3.05, 3.63) is 64.6 Å². The highest BCUT2D eigenvalue weighted by atomic mass is 35.5. The van der Waals surface area contributed by atoms with Crippen molar-refractivity contribution in [2.75, 3.05) is 11.9 Å². The molecule has 0 amide bonds. The van der Waals surface area contributed by atoms with Crippen molar-refractivity contribution in [3.8, 4) is 11.8 Å². The van der Waals surface area contributed by atoms with Gasteiger partial charge in [-0.25, -0.2) is 0 Å². The lowest BCUT2D eigenvalue weighted by Gasteiger charge is -2.18. The van der Waals surface area contributed by atoms with Gasteiger partial charge in [0.15, 0.2) is 0 Å². The second kappa shape index (κ2) is 7.73. The van der Waals surface area contributed by atoms with Gasteiger partial charge in [-0.15, -0.1) is 0 Å². The zero-order valence-corrected chi connectivity index (χ0v) is 14.3. The largest absolute Gasteiger partial charge is 1.00 e. The summed E-state index contributed by atoms with van der Waals surface area (Å²) in [5.41, 5.74) is 3.79. The molecule has 0 saturated carbocycles. The normalized spacial score (nSPS) is 9.48. The molecule has 0 aromatic carbocycles. The number of hydrogen-bond acceptors (Lipinski definition) is 4. The van der Waals surface area contributed by atoms with Gasteiger partial charge in [0, 0.05) is 37.8 Å². The second-order valence-electron chi connectivity index (χ2n) is 4.78. The predicted molar refractivity (Wildman–Crippen MR) is 88.1 cm³/mol. The van der Waals surface area contributed by atoms with Gasteiger partial charge in [-0.05, 0) is 18.2 Å². The molecule has 0 unspecified atom stereocenters. The first-order chi connectivity index (χ1) is 10.7. The summed E-state index contributed by atoms with van der Waals surface area (Å²) in [7, 11) is 1.99. The highest BCUT2D eigenvalue weighted by Gasteiger charge is 2.05. The molecule has 0 bridgehead atoms. The first-order valence-electron chi connectivity index (χ1n) is 6.80. The Labute approximate surface area is 145 Å². The van der Waals surface area contributed by atoms with Gasteiger partial charge in [0.05, 0.1) is 29.1 Å². The average Bonchev–Trinajstić information content (AvgIpc) is 2.99. The Bertz CT molecular complexity index is 836. The van der Waals surface area contributed by atoms with E-state index in [1.54, 1.807) is 23.7 Å². The minimum atomic E-state index is 0. The molecule has 0 aliphatic carbocycles. The number of rotatable bonds is 2. The molecule has 0 saturated heterocycles. The number of nitrogens with one attached hydrogen (secondary N) is 1. The Morgan fingerprint density at radius 3 is 2.65 bits per heavy atom. The fourth-order valence-corrected chi connectivity index (χ4v) is 2.56. The average molecular weight is 343 g/mol. The molecule has 3 rings (SSSR count). The molecule has 4 nitrogen and oxygen atoms in total. The zero-order valence-electron chi connectivity index (χ0n) is 12.7. The maximum atomic E-state index is 4.28. The summed E-state index contributed by atoms with van der Waals surface area (Å²) in [6, 6.07) is 5.94. The molecule has 0 aliphatic rings. The highest BCUT2D eigenvalue weighted by Crippen LogP contribution is 2.21. The number of aromatic nitrogens is 3. The third kappa shape index (κ3) is 4.28. The molecule has 6 heteroatoms. The van der Waals surface area contributed by atoms with Gasteiger partial charge in [-0.1, -0.05) is 17.3 Å². The number of halogens is 1. The van der Waals surface area contributed by atoms with Gasteiger partial charge in [0.2, 0.25) is 5.01 Å². The lowest BCUT2D eigenvalue weighted by atomic mass is 10.2. The van der Waals surface area contributed by atoms with E-state index in [2.05, 4.69) is 26.8 Å². The predicted octanol–water partition coefficient (Wildman–Crippen LogP) is -0.168.